The minimum Gasteiger partial charge on any atom is -0.486 e. The Kier molecular flexibility index (Phi) is 5.23. The number of benzene rings is 1. The van der Waals surface area contributed by atoms with Crippen LogP contribution < -0.4 is 19.7 Å². The summed E-state index contributed by atoms with van der Waals surface area (Å²) < 4.78 is 16.4. The van der Waals surface area contributed by atoms with Gasteiger partial charge >= 0.3 is 0 Å². The predicted octanol–water partition coefficient (Wildman–Crippen LogP) is 2.54. The highest BCUT2D eigenvalue weighted by Crippen LogP contribution is 2.36. The maximum absolute atomic E-state index is 12.6. The molecule has 2 unspecified atom stereocenters. The lowest BCUT2D eigenvalue weighted by Crippen LogP contribution is -2.38. The molecule has 2 atom stereocenters. The lowest BCUT2D eigenvalue weighted by Gasteiger charge is -2.22. The molecule has 2 aliphatic heterocycles. The average molecular weight is 384 g/mol. The highest BCUT2D eigenvalue weighted by Gasteiger charge is 2.36. The Morgan fingerprint density at radius 1 is 1.25 bits per heavy atom. The van der Waals surface area contributed by atoms with E-state index in [2.05, 4.69) is 5.32 Å². The molecule has 0 aliphatic carbocycles. The zero-order valence-corrected chi connectivity index (χ0v) is 15.8. The first kappa shape index (κ1) is 18.4. The fourth-order valence-electron chi connectivity index (χ4n) is 3.58. The minimum atomic E-state index is -0.355. The molecule has 0 radical (unpaired) electrons. The maximum Gasteiger partial charge on any atom is 0.227 e. The number of nitrogens with zero attached hydrogens (tertiary/aromatic N) is 1. The number of hydrogen-bond acceptors (Lipinski definition) is 5. The van der Waals surface area contributed by atoms with Gasteiger partial charge in [0.05, 0.1) is 12.2 Å². The third kappa shape index (κ3) is 3.98. The molecule has 2 aromatic rings. The molecule has 4 rings (SSSR count). The van der Waals surface area contributed by atoms with Gasteiger partial charge in [0.25, 0.3) is 0 Å². The highest BCUT2D eigenvalue weighted by molar-refractivity contribution is 6.00. The van der Waals surface area contributed by atoms with Crippen LogP contribution in [0.3, 0.4) is 0 Å². The van der Waals surface area contributed by atoms with E-state index in [4.69, 9.17) is 13.9 Å². The van der Waals surface area contributed by atoms with Crippen LogP contribution in [-0.4, -0.2) is 37.6 Å². The smallest absolute Gasteiger partial charge is 0.227 e. The molecule has 1 N–H and O–H groups in total. The molecule has 0 spiro atoms. The van der Waals surface area contributed by atoms with Crippen LogP contribution in [0.15, 0.2) is 41.0 Å². The Labute approximate surface area is 163 Å². The Balaban J connectivity index is 1.34. The number of anilines is 1. The van der Waals surface area contributed by atoms with Gasteiger partial charge in [-0.05, 0) is 37.6 Å². The van der Waals surface area contributed by atoms with Crippen LogP contribution in [0, 0.1) is 5.92 Å². The van der Waals surface area contributed by atoms with Crippen molar-refractivity contribution in [1.82, 2.24) is 5.32 Å². The first-order valence-corrected chi connectivity index (χ1v) is 9.63. The van der Waals surface area contributed by atoms with Crippen molar-refractivity contribution in [3.63, 3.8) is 0 Å². The van der Waals surface area contributed by atoms with Crippen molar-refractivity contribution in [2.75, 3.05) is 24.7 Å². The molecular formula is C21H24N2O5. The van der Waals surface area contributed by atoms with Crippen LogP contribution in [0.5, 0.6) is 11.5 Å². The third-order valence-electron chi connectivity index (χ3n) is 5.13. The molecule has 0 saturated carbocycles. The second-order valence-electron chi connectivity index (χ2n) is 7.26. The molecule has 7 heteroatoms. The molecular weight excluding hydrogens is 360 g/mol. The highest BCUT2D eigenvalue weighted by atomic mass is 16.6. The van der Waals surface area contributed by atoms with E-state index in [-0.39, 0.29) is 30.2 Å². The number of fused-ring (bicyclic) bond motifs is 1. The number of furan rings is 1. The molecule has 2 aliphatic rings. The van der Waals surface area contributed by atoms with E-state index in [1.54, 1.807) is 23.3 Å². The number of amides is 2. The topological polar surface area (TPSA) is 81.0 Å². The summed E-state index contributed by atoms with van der Waals surface area (Å²) in [6.45, 7) is 3.35. The van der Waals surface area contributed by atoms with Crippen molar-refractivity contribution in [3.8, 4) is 11.5 Å². The normalized spacial score (nSPS) is 19.5. The second-order valence-corrected chi connectivity index (χ2v) is 7.26. The molecule has 0 bridgehead atoms. The molecule has 1 aromatic carbocycles. The quantitative estimate of drug-likeness (QED) is 0.828. The number of aryl methyl sites for hydroxylation is 1. The van der Waals surface area contributed by atoms with E-state index >= 15 is 0 Å². The molecule has 2 amide bonds. The Morgan fingerprint density at radius 3 is 2.86 bits per heavy atom. The molecule has 1 aromatic heterocycles. The largest absolute Gasteiger partial charge is 0.486 e. The fourth-order valence-corrected chi connectivity index (χ4v) is 3.58. The van der Waals surface area contributed by atoms with Gasteiger partial charge < -0.3 is 24.1 Å². The molecule has 3 heterocycles. The summed E-state index contributed by atoms with van der Waals surface area (Å²) in [6.07, 6.45) is 3.41. The van der Waals surface area contributed by atoms with Crippen molar-refractivity contribution in [2.45, 2.75) is 32.2 Å². The number of carbonyl (C=O) groups excluding carboxylic acids is 2. The molecule has 7 nitrogen and oxygen atoms in total. The number of rotatable bonds is 6. The summed E-state index contributed by atoms with van der Waals surface area (Å²) >= 11 is 0. The zero-order chi connectivity index (χ0) is 19.5. The van der Waals surface area contributed by atoms with Gasteiger partial charge in [-0.2, -0.15) is 0 Å². The molecule has 148 valence electrons. The van der Waals surface area contributed by atoms with Gasteiger partial charge in [0.15, 0.2) is 11.5 Å². The Hall–Kier alpha value is -2.96. The van der Waals surface area contributed by atoms with Gasteiger partial charge in [-0.15, -0.1) is 0 Å². The van der Waals surface area contributed by atoms with Gasteiger partial charge in [0, 0.05) is 37.2 Å². The van der Waals surface area contributed by atoms with E-state index in [9.17, 15) is 9.59 Å². The van der Waals surface area contributed by atoms with E-state index in [1.165, 1.54) is 0 Å². The van der Waals surface area contributed by atoms with E-state index < -0.39 is 0 Å². The van der Waals surface area contributed by atoms with Crippen molar-refractivity contribution in [3.05, 3.63) is 42.4 Å². The minimum absolute atomic E-state index is 0.0102. The van der Waals surface area contributed by atoms with Crippen molar-refractivity contribution in [2.24, 2.45) is 5.92 Å². The summed E-state index contributed by atoms with van der Waals surface area (Å²) in [4.78, 5) is 26.7. The van der Waals surface area contributed by atoms with E-state index in [1.807, 2.05) is 25.1 Å². The number of ether oxygens (including phenoxy) is 2. The summed E-state index contributed by atoms with van der Waals surface area (Å²) in [5.41, 5.74) is 0.732. The molecule has 28 heavy (non-hydrogen) atoms. The SMILES string of the molecule is CC(CCc1ccco1)NC(=O)C1CC(=O)N(c2ccc3c(c2)OCCO3)C1. The van der Waals surface area contributed by atoms with E-state index in [0.29, 0.717) is 31.3 Å². The number of nitrogens with one attached hydrogen (secondary N) is 1. The van der Waals surface area contributed by atoms with E-state index in [0.717, 1.165) is 24.3 Å². The van der Waals surface area contributed by atoms with Crippen LogP contribution in [0.4, 0.5) is 5.69 Å². The fraction of sp³-hybridized carbons (Fsp3) is 0.429. The van der Waals surface area contributed by atoms with Crippen molar-refractivity contribution in [1.29, 1.82) is 0 Å². The Morgan fingerprint density at radius 2 is 2.07 bits per heavy atom. The third-order valence-corrected chi connectivity index (χ3v) is 5.13. The zero-order valence-electron chi connectivity index (χ0n) is 15.8. The monoisotopic (exact) mass is 384 g/mol. The van der Waals surface area contributed by atoms with Crippen molar-refractivity contribution < 1.29 is 23.5 Å². The van der Waals surface area contributed by atoms with Gasteiger partial charge in [-0.25, -0.2) is 0 Å². The lowest BCUT2D eigenvalue weighted by molar-refractivity contribution is -0.126. The lowest BCUT2D eigenvalue weighted by atomic mass is 10.1. The van der Waals surface area contributed by atoms with Crippen LogP contribution in [0.25, 0.3) is 0 Å². The summed E-state index contributed by atoms with van der Waals surface area (Å²) in [5, 5.41) is 3.02. The molecule has 1 fully saturated rings. The summed E-state index contributed by atoms with van der Waals surface area (Å²) in [6, 6.07) is 9.23. The number of hydrogen-bond donors (Lipinski definition) is 1. The van der Waals surface area contributed by atoms with Gasteiger partial charge in [-0.3, -0.25) is 9.59 Å². The van der Waals surface area contributed by atoms with Crippen LogP contribution in [0.1, 0.15) is 25.5 Å². The standard InChI is InChI=1S/C21H24N2O5/c1-14(4-6-17-3-2-8-26-17)22-21(25)15-11-20(24)23(13-15)16-5-7-18-19(12-16)28-10-9-27-18/h2-3,5,7-8,12,14-15H,4,6,9-11,13H2,1H3,(H,22,25). The summed E-state index contributed by atoms with van der Waals surface area (Å²) in [7, 11) is 0. The van der Waals surface area contributed by atoms with Crippen LogP contribution in [0.2, 0.25) is 0 Å². The predicted molar refractivity (Wildman–Crippen MR) is 103 cm³/mol. The van der Waals surface area contributed by atoms with Gasteiger partial charge in [0.1, 0.15) is 19.0 Å². The van der Waals surface area contributed by atoms with Gasteiger partial charge in [0.2, 0.25) is 11.8 Å². The first-order chi connectivity index (χ1) is 13.6. The Bertz CT molecular complexity index is 848. The first-order valence-electron chi connectivity index (χ1n) is 9.63. The van der Waals surface area contributed by atoms with Gasteiger partial charge in [-0.1, -0.05) is 0 Å². The average Bonchev–Trinajstić information content (AvgIpc) is 3.35. The van der Waals surface area contributed by atoms with Crippen LogP contribution in [-0.2, 0) is 16.0 Å². The van der Waals surface area contributed by atoms with Crippen molar-refractivity contribution >= 4 is 17.5 Å². The number of carbonyl (C=O) groups is 2. The van der Waals surface area contributed by atoms with Crippen LogP contribution >= 0.6 is 0 Å². The molecule has 1 saturated heterocycles. The summed E-state index contributed by atoms with van der Waals surface area (Å²) in [5.74, 6) is 1.73. The maximum atomic E-state index is 12.6. The second kappa shape index (κ2) is 7.96.